The molecule has 2 rings (SSSR count). The summed E-state index contributed by atoms with van der Waals surface area (Å²) in [6.07, 6.45) is 8.05. The second kappa shape index (κ2) is 5.69. The van der Waals surface area contributed by atoms with Crippen LogP contribution in [0, 0.1) is 0 Å². The first-order valence-corrected chi connectivity index (χ1v) is 6.95. The van der Waals surface area contributed by atoms with Crippen LogP contribution >= 0.6 is 11.8 Å². The molecule has 1 aliphatic carbocycles. The van der Waals surface area contributed by atoms with Crippen LogP contribution in [0.5, 0.6) is 0 Å². The summed E-state index contributed by atoms with van der Waals surface area (Å²) in [4.78, 5) is 4.40. The van der Waals surface area contributed by atoms with Crippen LogP contribution in [-0.4, -0.2) is 15.3 Å². The number of thioether (sulfide) groups is 1. The van der Waals surface area contributed by atoms with Crippen molar-refractivity contribution in [1.82, 2.24) is 4.98 Å². The van der Waals surface area contributed by atoms with Gasteiger partial charge in [0.05, 0.1) is 6.10 Å². The highest BCUT2D eigenvalue weighted by molar-refractivity contribution is 7.99. The summed E-state index contributed by atoms with van der Waals surface area (Å²) in [5.74, 6) is 0. The van der Waals surface area contributed by atoms with Gasteiger partial charge in [-0.15, -0.1) is 11.8 Å². The fraction of sp³-hybridized carbons (Fsp3) is 0.615. The number of hydrogen-bond donors (Lipinski definition) is 1. The summed E-state index contributed by atoms with van der Waals surface area (Å²) in [5, 5.41) is 11.4. The minimum Gasteiger partial charge on any atom is -0.389 e. The first-order valence-electron chi connectivity index (χ1n) is 6.07. The summed E-state index contributed by atoms with van der Waals surface area (Å²) < 4.78 is 0. The number of aliphatic hydroxyl groups is 1. The van der Waals surface area contributed by atoms with E-state index < -0.39 is 6.10 Å². The Kier molecular flexibility index (Phi) is 4.24. The second-order valence-corrected chi connectivity index (χ2v) is 5.74. The fourth-order valence-electron chi connectivity index (χ4n) is 2.16. The Morgan fingerprint density at radius 1 is 1.38 bits per heavy atom. The van der Waals surface area contributed by atoms with Gasteiger partial charge in [0.25, 0.3) is 0 Å². The molecule has 1 aliphatic rings. The molecule has 0 spiro atoms. The lowest BCUT2D eigenvalue weighted by Crippen LogP contribution is -2.09. The number of hydrogen-bond acceptors (Lipinski definition) is 3. The SMILES string of the molecule is C[C@@H](O)c1cccnc1SC1CCCCC1. The van der Waals surface area contributed by atoms with Crippen molar-refractivity contribution < 1.29 is 5.11 Å². The monoisotopic (exact) mass is 237 g/mol. The normalized spacial score (nSPS) is 19.6. The molecule has 1 aromatic rings. The minimum atomic E-state index is -0.417. The molecule has 0 aliphatic heterocycles. The van der Waals surface area contributed by atoms with Crippen LogP contribution in [0.25, 0.3) is 0 Å². The minimum absolute atomic E-state index is 0.417. The Balaban J connectivity index is 2.07. The molecule has 1 heterocycles. The number of rotatable bonds is 3. The summed E-state index contributed by atoms with van der Waals surface area (Å²) in [6, 6.07) is 3.87. The Hall–Kier alpha value is -0.540. The van der Waals surface area contributed by atoms with Gasteiger partial charge in [-0.2, -0.15) is 0 Å². The fourth-order valence-corrected chi connectivity index (χ4v) is 3.54. The van der Waals surface area contributed by atoms with Gasteiger partial charge < -0.3 is 5.11 Å². The summed E-state index contributed by atoms with van der Waals surface area (Å²) in [7, 11) is 0. The third-order valence-electron chi connectivity index (χ3n) is 3.08. The maximum atomic E-state index is 9.68. The van der Waals surface area contributed by atoms with E-state index in [9.17, 15) is 5.11 Å². The van der Waals surface area contributed by atoms with Gasteiger partial charge in [-0.05, 0) is 25.8 Å². The van der Waals surface area contributed by atoms with Gasteiger partial charge >= 0.3 is 0 Å². The van der Waals surface area contributed by atoms with E-state index in [-0.39, 0.29) is 0 Å². The lowest BCUT2D eigenvalue weighted by molar-refractivity contribution is 0.195. The van der Waals surface area contributed by atoms with Gasteiger partial charge in [0.2, 0.25) is 0 Å². The average molecular weight is 237 g/mol. The van der Waals surface area contributed by atoms with E-state index in [1.54, 1.807) is 0 Å². The predicted molar refractivity (Wildman–Crippen MR) is 67.6 cm³/mol. The lowest BCUT2D eigenvalue weighted by atomic mass is 10.0. The summed E-state index contributed by atoms with van der Waals surface area (Å²) in [5.41, 5.74) is 0.970. The molecule has 0 bridgehead atoms. The molecule has 88 valence electrons. The maximum Gasteiger partial charge on any atom is 0.102 e. The van der Waals surface area contributed by atoms with E-state index in [4.69, 9.17) is 0 Å². The highest BCUT2D eigenvalue weighted by Crippen LogP contribution is 2.35. The molecule has 0 amide bonds. The number of nitrogens with zero attached hydrogens (tertiary/aromatic N) is 1. The number of aromatic nitrogens is 1. The zero-order valence-electron chi connectivity index (χ0n) is 9.72. The van der Waals surface area contributed by atoms with E-state index in [0.29, 0.717) is 5.25 Å². The van der Waals surface area contributed by atoms with E-state index in [1.807, 2.05) is 37.0 Å². The first kappa shape index (κ1) is 11.9. The van der Waals surface area contributed by atoms with Crippen molar-refractivity contribution in [3.8, 4) is 0 Å². The third-order valence-corrected chi connectivity index (χ3v) is 4.45. The zero-order valence-corrected chi connectivity index (χ0v) is 10.5. The maximum absolute atomic E-state index is 9.68. The quantitative estimate of drug-likeness (QED) is 0.872. The lowest BCUT2D eigenvalue weighted by Gasteiger charge is -2.21. The largest absolute Gasteiger partial charge is 0.389 e. The van der Waals surface area contributed by atoms with Crippen molar-refractivity contribution >= 4 is 11.8 Å². The highest BCUT2D eigenvalue weighted by Gasteiger charge is 2.18. The second-order valence-electron chi connectivity index (χ2n) is 4.45. The highest BCUT2D eigenvalue weighted by atomic mass is 32.2. The van der Waals surface area contributed by atoms with Crippen LogP contribution in [0.4, 0.5) is 0 Å². The predicted octanol–water partition coefficient (Wildman–Crippen LogP) is 3.56. The van der Waals surface area contributed by atoms with Crippen molar-refractivity contribution in [3.63, 3.8) is 0 Å². The Bertz CT molecular complexity index is 334. The molecule has 0 saturated heterocycles. The number of pyridine rings is 1. The Labute approximate surface area is 101 Å². The molecule has 2 nitrogen and oxygen atoms in total. The summed E-state index contributed by atoms with van der Waals surface area (Å²) in [6.45, 7) is 1.81. The van der Waals surface area contributed by atoms with Crippen molar-refractivity contribution in [2.45, 2.75) is 55.4 Å². The molecule has 16 heavy (non-hydrogen) atoms. The van der Waals surface area contributed by atoms with E-state index in [1.165, 1.54) is 32.1 Å². The van der Waals surface area contributed by atoms with Crippen molar-refractivity contribution in [2.75, 3.05) is 0 Å². The van der Waals surface area contributed by atoms with Gasteiger partial charge in [-0.3, -0.25) is 0 Å². The molecular weight excluding hydrogens is 218 g/mol. The summed E-state index contributed by atoms with van der Waals surface area (Å²) >= 11 is 1.85. The van der Waals surface area contributed by atoms with Crippen LogP contribution in [-0.2, 0) is 0 Å². The smallest absolute Gasteiger partial charge is 0.102 e. The molecule has 1 saturated carbocycles. The molecular formula is C13H19NOS. The van der Waals surface area contributed by atoms with E-state index in [0.717, 1.165) is 10.6 Å². The molecule has 0 unspecified atom stereocenters. The van der Waals surface area contributed by atoms with Crippen molar-refractivity contribution in [3.05, 3.63) is 23.9 Å². The van der Waals surface area contributed by atoms with Crippen LogP contribution in [0.2, 0.25) is 0 Å². The molecule has 1 N–H and O–H groups in total. The molecule has 1 aromatic heterocycles. The van der Waals surface area contributed by atoms with Gasteiger partial charge in [0.1, 0.15) is 5.03 Å². The van der Waals surface area contributed by atoms with Crippen molar-refractivity contribution in [1.29, 1.82) is 0 Å². The van der Waals surface area contributed by atoms with Gasteiger partial charge in [-0.1, -0.05) is 25.3 Å². The van der Waals surface area contributed by atoms with Gasteiger partial charge in [0.15, 0.2) is 0 Å². The zero-order chi connectivity index (χ0) is 11.4. The molecule has 1 atom stereocenters. The van der Waals surface area contributed by atoms with Crippen LogP contribution in [0.15, 0.2) is 23.4 Å². The first-order chi connectivity index (χ1) is 7.77. The van der Waals surface area contributed by atoms with Gasteiger partial charge in [-0.25, -0.2) is 4.98 Å². The van der Waals surface area contributed by atoms with Crippen LogP contribution in [0.3, 0.4) is 0 Å². The standard InChI is InChI=1S/C13H19NOS/c1-10(15)12-8-5-9-14-13(12)16-11-6-3-2-4-7-11/h5,8-11,15H,2-4,6-7H2,1H3/t10-/m1/s1. The molecule has 0 aromatic carbocycles. The van der Waals surface area contributed by atoms with E-state index in [2.05, 4.69) is 4.98 Å². The Morgan fingerprint density at radius 3 is 2.81 bits per heavy atom. The topological polar surface area (TPSA) is 33.1 Å². The third kappa shape index (κ3) is 2.98. The Morgan fingerprint density at radius 2 is 2.12 bits per heavy atom. The van der Waals surface area contributed by atoms with Crippen molar-refractivity contribution in [2.24, 2.45) is 0 Å². The average Bonchev–Trinajstić information content (AvgIpc) is 2.31. The van der Waals surface area contributed by atoms with Gasteiger partial charge in [0, 0.05) is 17.0 Å². The number of aliphatic hydroxyl groups excluding tert-OH is 1. The van der Waals surface area contributed by atoms with E-state index >= 15 is 0 Å². The molecule has 0 radical (unpaired) electrons. The van der Waals surface area contributed by atoms with Crippen LogP contribution in [0.1, 0.15) is 50.7 Å². The molecule has 1 fully saturated rings. The molecule has 3 heteroatoms. The van der Waals surface area contributed by atoms with Crippen LogP contribution < -0.4 is 0 Å².